The molecule has 1 atom stereocenters. The Bertz CT molecular complexity index is 743. The molecule has 0 bridgehead atoms. The summed E-state index contributed by atoms with van der Waals surface area (Å²) >= 11 is 0. The summed E-state index contributed by atoms with van der Waals surface area (Å²) < 4.78 is 5.59. The average Bonchev–Trinajstić information content (AvgIpc) is 2.55. The maximum absolute atomic E-state index is 12.2. The molecule has 0 unspecified atom stereocenters. The van der Waals surface area contributed by atoms with E-state index in [-0.39, 0.29) is 11.9 Å². The highest BCUT2D eigenvalue weighted by Crippen LogP contribution is 2.26. The van der Waals surface area contributed by atoms with Crippen molar-refractivity contribution < 1.29 is 9.53 Å². The van der Waals surface area contributed by atoms with Gasteiger partial charge in [-0.25, -0.2) is 0 Å². The predicted molar refractivity (Wildman–Crippen MR) is 99.8 cm³/mol. The summed E-state index contributed by atoms with van der Waals surface area (Å²) in [5.41, 5.74) is 4.75. The molecule has 0 radical (unpaired) electrons. The molecule has 1 N–H and O–H groups in total. The molecule has 0 aliphatic carbocycles. The van der Waals surface area contributed by atoms with E-state index in [1.807, 2.05) is 18.2 Å². The van der Waals surface area contributed by atoms with Crippen LogP contribution in [0.4, 0.5) is 0 Å². The Labute approximate surface area is 149 Å². The quantitative estimate of drug-likeness (QED) is 0.911. The number of benzene rings is 2. The van der Waals surface area contributed by atoms with E-state index in [1.165, 1.54) is 11.1 Å². The molecule has 1 aliphatic heterocycles. The van der Waals surface area contributed by atoms with Gasteiger partial charge in [-0.3, -0.25) is 9.69 Å². The second-order valence-corrected chi connectivity index (χ2v) is 6.90. The summed E-state index contributed by atoms with van der Waals surface area (Å²) in [5.74, 6) is 1.02. The van der Waals surface area contributed by atoms with Crippen LogP contribution >= 0.6 is 0 Å². The normalized spacial score (nSPS) is 18.0. The van der Waals surface area contributed by atoms with Crippen LogP contribution in [0.15, 0.2) is 42.5 Å². The zero-order chi connectivity index (χ0) is 17.8. The first-order valence-electron chi connectivity index (χ1n) is 8.75. The summed E-state index contributed by atoms with van der Waals surface area (Å²) in [7, 11) is 1.71. The standard InChI is InChI=1S/C21H26N2O2/c1-15-9-16(2)21(25-3)18(10-15)12-23-13-19(22-20(24)14-23)11-17-7-5-4-6-8-17/h4-10,19H,11-14H2,1-3H3,(H,22,24)/t19-/m0/s1. The van der Waals surface area contributed by atoms with E-state index in [9.17, 15) is 4.79 Å². The summed E-state index contributed by atoms with van der Waals surface area (Å²) in [5, 5.41) is 3.12. The van der Waals surface area contributed by atoms with E-state index in [0.29, 0.717) is 6.54 Å². The van der Waals surface area contributed by atoms with E-state index in [1.54, 1.807) is 7.11 Å². The molecule has 3 rings (SSSR count). The fourth-order valence-corrected chi connectivity index (χ4v) is 3.73. The number of amides is 1. The van der Waals surface area contributed by atoms with Crippen LogP contribution in [-0.4, -0.2) is 37.0 Å². The Morgan fingerprint density at radius 2 is 1.96 bits per heavy atom. The third-order valence-electron chi connectivity index (χ3n) is 4.63. The summed E-state index contributed by atoms with van der Waals surface area (Å²) in [6.07, 6.45) is 0.854. The number of nitrogens with one attached hydrogen (secondary N) is 1. The van der Waals surface area contributed by atoms with Crippen LogP contribution in [0, 0.1) is 13.8 Å². The van der Waals surface area contributed by atoms with Gasteiger partial charge < -0.3 is 10.1 Å². The number of ether oxygens (including phenoxy) is 1. The lowest BCUT2D eigenvalue weighted by Crippen LogP contribution is -2.54. The van der Waals surface area contributed by atoms with Crippen molar-refractivity contribution in [3.05, 3.63) is 64.7 Å². The third kappa shape index (κ3) is 4.40. The fourth-order valence-electron chi connectivity index (χ4n) is 3.73. The lowest BCUT2D eigenvalue weighted by molar-refractivity contribution is -0.125. The van der Waals surface area contributed by atoms with Crippen LogP contribution in [-0.2, 0) is 17.8 Å². The first-order chi connectivity index (χ1) is 12.0. The van der Waals surface area contributed by atoms with Gasteiger partial charge in [0.05, 0.1) is 13.7 Å². The predicted octanol–water partition coefficient (Wildman–Crippen LogP) is 2.86. The summed E-state index contributed by atoms with van der Waals surface area (Å²) in [4.78, 5) is 14.4. The summed E-state index contributed by atoms with van der Waals surface area (Å²) in [6.45, 7) is 6.16. The zero-order valence-electron chi connectivity index (χ0n) is 15.2. The molecule has 25 heavy (non-hydrogen) atoms. The van der Waals surface area contributed by atoms with Crippen molar-refractivity contribution in [1.82, 2.24) is 10.2 Å². The molecule has 132 valence electrons. The lowest BCUT2D eigenvalue weighted by Gasteiger charge is -2.33. The maximum atomic E-state index is 12.2. The largest absolute Gasteiger partial charge is 0.496 e. The van der Waals surface area contributed by atoms with Gasteiger partial charge >= 0.3 is 0 Å². The van der Waals surface area contributed by atoms with Crippen LogP contribution in [0.5, 0.6) is 5.75 Å². The van der Waals surface area contributed by atoms with Gasteiger partial charge in [-0.15, -0.1) is 0 Å². The van der Waals surface area contributed by atoms with E-state index in [2.05, 4.69) is 48.3 Å². The Kier molecular flexibility index (Phi) is 5.39. The number of aryl methyl sites for hydroxylation is 2. The molecule has 1 saturated heterocycles. The van der Waals surface area contributed by atoms with E-state index < -0.39 is 0 Å². The molecule has 1 fully saturated rings. The first-order valence-corrected chi connectivity index (χ1v) is 8.75. The third-order valence-corrected chi connectivity index (χ3v) is 4.63. The molecule has 0 spiro atoms. The lowest BCUT2D eigenvalue weighted by atomic mass is 10.0. The molecule has 0 aromatic heterocycles. The molecule has 0 saturated carbocycles. The van der Waals surface area contributed by atoms with Crippen molar-refractivity contribution in [3.63, 3.8) is 0 Å². The van der Waals surface area contributed by atoms with Gasteiger partial charge in [-0.1, -0.05) is 48.0 Å². The minimum Gasteiger partial charge on any atom is -0.496 e. The summed E-state index contributed by atoms with van der Waals surface area (Å²) in [6, 6.07) is 14.7. The van der Waals surface area contributed by atoms with Gasteiger partial charge in [0, 0.05) is 24.7 Å². The molecular weight excluding hydrogens is 312 g/mol. The minimum absolute atomic E-state index is 0.0931. The van der Waals surface area contributed by atoms with Crippen LogP contribution < -0.4 is 10.1 Å². The van der Waals surface area contributed by atoms with Crippen molar-refractivity contribution >= 4 is 5.91 Å². The second kappa shape index (κ2) is 7.70. The first kappa shape index (κ1) is 17.5. The van der Waals surface area contributed by atoms with Gasteiger partial charge in [0.2, 0.25) is 5.91 Å². The minimum atomic E-state index is 0.0931. The Morgan fingerprint density at radius 1 is 1.20 bits per heavy atom. The van der Waals surface area contributed by atoms with E-state index in [0.717, 1.165) is 36.4 Å². The van der Waals surface area contributed by atoms with Crippen LogP contribution in [0.1, 0.15) is 22.3 Å². The smallest absolute Gasteiger partial charge is 0.234 e. The number of methoxy groups -OCH3 is 1. The molecule has 4 heteroatoms. The van der Waals surface area contributed by atoms with Gasteiger partial charge in [0.25, 0.3) is 0 Å². The highest BCUT2D eigenvalue weighted by Gasteiger charge is 2.25. The number of nitrogens with zero attached hydrogens (tertiary/aromatic N) is 1. The van der Waals surface area contributed by atoms with E-state index in [4.69, 9.17) is 4.74 Å². The molecule has 2 aromatic rings. The number of carbonyl (C=O) groups is 1. The Hall–Kier alpha value is -2.33. The van der Waals surface area contributed by atoms with Crippen molar-refractivity contribution in [3.8, 4) is 5.75 Å². The number of carbonyl (C=O) groups excluding carboxylic acids is 1. The Morgan fingerprint density at radius 3 is 2.68 bits per heavy atom. The van der Waals surface area contributed by atoms with Gasteiger partial charge in [-0.2, -0.15) is 0 Å². The van der Waals surface area contributed by atoms with E-state index >= 15 is 0 Å². The monoisotopic (exact) mass is 338 g/mol. The zero-order valence-corrected chi connectivity index (χ0v) is 15.2. The van der Waals surface area contributed by atoms with Gasteiger partial charge in [0.15, 0.2) is 0 Å². The van der Waals surface area contributed by atoms with Crippen molar-refractivity contribution in [2.24, 2.45) is 0 Å². The highest BCUT2D eigenvalue weighted by molar-refractivity contribution is 5.79. The highest BCUT2D eigenvalue weighted by atomic mass is 16.5. The van der Waals surface area contributed by atoms with Crippen molar-refractivity contribution in [2.75, 3.05) is 20.2 Å². The van der Waals surface area contributed by atoms with Crippen molar-refractivity contribution in [1.29, 1.82) is 0 Å². The van der Waals surface area contributed by atoms with Crippen LogP contribution in [0.2, 0.25) is 0 Å². The second-order valence-electron chi connectivity index (χ2n) is 6.90. The molecule has 1 heterocycles. The SMILES string of the molecule is COc1c(C)cc(C)cc1CN1CC(=O)N[C@@H](Cc2ccccc2)C1. The number of piperazine rings is 1. The molecule has 2 aromatic carbocycles. The average molecular weight is 338 g/mol. The molecule has 4 nitrogen and oxygen atoms in total. The number of hydrogen-bond acceptors (Lipinski definition) is 3. The number of rotatable bonds is 5. The molecule has 1 aliphatic rings. The Balaban J connectivity index is 1.73. The van der Waals surface area contributed by atoms with Crippen molar-refractivity contribution in [2.45, 2.75) is 32.9 Å². The van der Waals surface area contributed by atoms with Gasteiger partial charge in [0.1, 0.15) is 5.75 Å². The number of hydrogen-bond donors (Lipinski definition) is 1. The topological polar surface area (TPSA) is 41.6 Å². The molecular formula is C21H26N2O2. The molecule has 1 amide bonds. The van der Waals surface area contributed by atoms with Crippen LogP contribution in [0.3, 0.4) is 0 Å². The fraction of sp³-hybridized carbons (Fsp3) is 0.381. The van der Waals surface area contributed by atoms with Crippen LogP contribution in [0.25, 0.3) is 0 Å². The van der Waals surface area contributed by atoms with Gasteiger partial charge in [-0.05, 0) is 31.4 Å². The maximum Gasteiger partial charge on any atom is 0.234 e.